The van der Waals surface area contributed by atoms with Gasteiger partial charge >= 0.3 is 0 Å². The van der Waals surface area contributed by atoms with Gasteiger partial charge in [-0.15, -0.1) is 11.8 Å². The third kappa shape index (κ3) is 2.01. The minimum absolute atomic E-state index is 0.248. The van der Waals surface area contributed by atoms with E-state index in [1.807, 2.05) is 30.3 Å². The third-order valence-electron chi connectivity index (χ3n) is 1.96. The minimum atomic E-state index is 0.248. The summed E-state index contributed by atoms with van der Waals surface area (Å²) >= 11 is 1.76. The highest BCUT2D eigenvalue weighted by molar-refractivity contribution is 8.08. The molecule has 0 radical (unpaired) electrons. The highest BCUT2D eigenvalue weighted by Crippen LogP contribution is 2.31. The molecule has 66 valence electrons. The summed E-state index contributed by atoms with van der Waals surface area (Å²) in [5, 5.41) is 0. The molecule has 1 aliphatic heterocycles. The molecule has 0 bridgehead atoms. The Labute approximate surface area is 81.8 Å². The monoisotopic (exact) mass is 190 g/mol. The van der Waals surface area contributed by atoms with E-state index >= 15 is 0 Å². The number of hydrogen-bond acceptors (Lipinski definition) is 2. The van der Waals surface area contributed by atoms with Gasteiger partial charge in [0.1, 0.15) is 0 Å². The molecule has 0 aromatic heterocycles. The van der Waals surface area contributed by atoms with Crippen LogP contribution in [-0.4, -0.2) is 11.5 Å². The average molecular weight is 190 g/mol. The number of carbonyl (C=O) groups is 1. The van der Waals surface area contributed by atoms with Gasteiger partial charge < -0.3 is 0 Å². The van der Waals surface area contributed by atoms with E-state index < -0.39 is 0 Å². The molecular weight excluding hydrogens is 180 g/mol. The Bertz CT molecular complexity index is 340. The Kier molecular flexibility index (Phi) is 2.50. The van der Waals surface area contributed by atoms with Gasteiger partial charge in [0.25, 0.3) is 0 Å². The normalized spacial score (nSPS) is 16.9. The van der Waals surface area contributed by atoms with Gasteiger partial charge in [0.15, 0.2) is 5.78 Å². The Balaban J connectivity index is 2.31. The number of thioether (sulfide) groups is 1. The number of rotatable bonds is 1. The molecule has 0 atom stereocenters. The molecule has 1 aromatic rings. The van der Waals surface area contributed by atoms with Crippen molar-refractivity contribution in [3.8, 4) is 0 Å². The van der Waals surface area contributed by atoms with Crippen molar-refractivity contribution < 1.29 is 4.79 Å². The molecule has 13 heavy (non-hydrogen) atoms. The molecule has 1 heterocycles. The van der Waals surface area contributed by atoms with Crippen molar-refractivity contribution in [1.82, 2.24) is 0 Å². The largest absolute Gasteiger partial charge is 0.295 e. The summed E-state index contributed by atoms with van der Waals surface area (Å²) in [6.45, 7) is 0. The zero-order valence-corrected chi connectivity index (χ0v) is 8.01. The zero-order chi connectivity index (χ0) is 9.10. The molecule has 1 aliphatic rings. The van der Waals surface area contributed by atoms with Crippen molar-refractivity contribution in [2.75, 3.05) is 5.75 Å². The van der Waals surface area contributed by atoms with Crippen LogP contribution in [0.4, 0.5) is 0 Å². The van der Waals surface area contributed by atoms with E-state index in [9.17, 15) is 4.79 Å². The second kappa shape index (κ2) is 3.79. The van der Waals surface area contributed by atoms with Crippen LogP contribution in [0.2, 0.25) is 0 Å². The van der Waals surface area contributed by atoms with E-state index in [2.05, 4.69) is 0 Å². The Morgan fingerprint density at radius 1 is 1.15 bits per heavy atom. The summed E-state index contributed by atoms with van der Waals surface area (Å²) in [5.74, 6) is 1.16. The lowest BCUT2D eigenvalue weighted by Crippen LogP contribution is -2.01. The lowest BCUT2D eigenvalue weighted by atomic mass is 10.1. The van der Waals surface area contributed by atoms with Gasteiger partial charge in [0.2, 0.25) is 0 Å². The van der Waals surface area contributed by atoms with Crippen LogP contribution in [0.15, 0.2) is 36.4 Å². The predicted octanol–water partition coefficient (Wildman–Crippen LogP) is 2.73. The van der Waals surface area contributed by atoms with Crippen molar-refractivity contribution in [3.05, 3.63) is 42.0 Å². The number of hydrogen-bond donors (Lipinski definition) is 0. The molecule has 0 unspecified atom stereocenters. The first-order chi connectivity index (χ1) is 6.36. The van der Waals surface area contributed by atoms with Crippen LogP contribution in [0.1, 0.15) is 12.0 Å². The van der Waals surface area contributed by atoms with Crippen molar-refractivity contribution in [3.63, 3.8) is 0 Å². The summed E-state index contributed by atoms with van der Waals surface area (Å²) in [6, 6.07) is 10.1. The second-order valence-electron chi connectivity index (χ2n) is 2.94. The van der Waals surface area contributed by atoms with Crippen LogP contribution < -0.4 is 0 Å². The molecular formula is C11H10OS. The number of ketones is 1. The number of carbonyl (C=O) groups excluding carboxylic acids is 1. The number of benzene rings is 1. The topological polar surface area (TPSA) is 17.1 Å². The summed E-state index contributed by atoms with van der Waals surface area (Å²) in [6.07, 6.45) is 2.44. The van der Waals surface area contributed by atoms with Gasteiger partial charge in [-0.05, 0) is 11.6 Å². The summed E-state index contributed by atoms with van der Waals surface area (Å²) < 4.78 is 0. The quantitative estimate of drug-likeness (QED) is 0.677. The van der Waals surface area contributed by atoms with Crippen molar-refractivity contribution in [1.29, 1.82) is 0 Å². The van der Waals surface area contributed by atoms with Crippen LogP contribution in [0.25, 0.3) is 4.91 Å². The van der Waals surface area contributed by atoms with Gasteiger partial charge in [-0.3, -0.25) is 4.79 Å². The first-order valence-corrected chi connectivity index (χ1v) is 5.27. The molecule has 0 spiro atoms. The van der Waals surface area contributed by atoms with Crippen LogP contribution in [0.3, 0.4) is 0 Å². The lowest BCUT2D eigenvalue weighted by molar-refractivity contribution is -0.114. The molecule has 0 amide bonds. The van der Waals surface area contributed by atoms with E-state index in [-0.39, 0.29) is 5.78 Å². The van der Waals surface area contributed by atoms with E-state index in [1.165, 1.54) is 0 Å². The molecule has 0 saturated carbocycles. The molecule has 0 aliphatic carbocycles. The Morgan fingerprint density at radius 2 is 1.92 bits per heavy atom. The van der Waals surface area contributed by atoms with Crippen LogP contribution >= 0.6 is 11.8 Å². The third-order valence-corrected chi connectivity index (χ3v) is 3.03. The maximum Gasteiger partial charge on any atom is 0.157 e. The first-order valence-electron chi connectivity index (χ1n) is 4.29. The SMILES string of the molecule is O=C1C=C(c2ccccc2)SCC1. The van der Waals surface area contributed by atoms with Gasteiger partial charge in [-0.2, -0.15) is 0 Å². The van der Waals surface area contributed by atoms with Crippen LogP contribution in [0.5, 0.6) is 0 Å². The molecule has 0 fully saturated rings. The summed E-state index contributed by atoms with van der Waals surface area (Å²) in [5.41, 5.74) is 1.15. The van der Waals surface area contributed by atoms with Crippen molar-refractivity contribution in [2.24, 2.45) is 0 Å². The van der Waals surface area contributed by atoms with E-state index in [1.54, 1.807) is 17.8 Å². The predicted molar refractivity (Wildman–Crippen MR) is 56.5 cm³/mol. The number of allylic oxidation sites excluding steroid dienone is 1. The van der Waals surface area contributed by atoms with Gasteiger partial charge in [0, 0.05) is 17.1 Å². The fourth-order valence-corrected chi connectivity index (χ4v) is 2.33. The second-order valence-corrected chi connectivity index (χ2v) is 4.08. The standard InChI is InChI=1S/C11H10OS/c12-10-6-7-13-11(8-10)9-4-2-1-3-5-9/h1-5,8H,6-7H2. The highest BCUT2D eigenvalue weighted by Gasteiger charge is 2.11. The van der Waals surface area contributed by atoms with E-state index in [4.69, 9.17) is 0 Å². The molecule has 1 aromatic carbocycles. The summed E-state index contributed by atoms with van der Waals surface area (Å²) in [7, 11) is 0. The maximum atomic E-state index is 11.2. The minimum Gasteiger partial charge on any atom is -0.295 e. The van der Waals surface area contributed by atoms with Crippen LogP contribution in [0, 0.1) is 0 Å². The van der Waals surface area contributed by atoms with Gasteiger partial charge in [-0.1, -0.05) is 30.3 Å². The highest BCUT2D eigenvalue weighted by atomic mass is 32.2. The van der Waals surface area contributed by atoms with Crippen molar-refractivity contribution >= 4 is 22.5 Å². The molecule has 2 rings (SSSR count). The van der Waals surface area contributed by atoms with Gasteiger partial charge in [-0.25, -0.2) is 0 Å². The maximum absolute atomic E-state index is 11.2. The Morgan fingerprint density at radius 3 is 2.62 bits per heavy atom. The van der Waals surface area contributed by atoms with Crippen molar-refractivity contribution in [2.45, 2.75) is 6.42 Å². The summed E-state index contributed by atoms with van der Waals surface area (Å²) in [4.78, 5) is 12.3. The Hall–Kier alpha value is -1.02. The van der Waals surface area contributed by atoms with E-state index in [0.29, 0.717) is 6.42 Å². The molecule has 0 N–H and O–H groups in total. The molecule has 2 heteroatoms. The average Bonchev–Trinajstić information content (AvgIpc) is 2.19. The lowest BCUT2D eigenvalue weighted by Gasteiger charge is -2.10. The zero-order valence-electron chi connectivity index (χ0n) is 7.19. The molecule has 0 saturated heterocycles. The molecule has 1 nitrogen and oxygen atoms in total. The smallest absolute Gasteiger partial charge is 0.157 e. The fourth-order valence-electron chi connectivity index (χ4n) is 1.29. The van der Waals surface area contributed by atoms with Crippen LogP contribution in [-0.2, 0) is 4.79 Å². The van der Waals surface area contributed by atoms with E-state index in [0.717, 1.165) is 16.2 Å². The van der Waals surface area contributed by atoms with Gasteiger partial charge in [0.05, 0.1) is 0 Å². The fraction of sp³-hybridized carbons (Fsp3) is 0.182. The first kappa shape index (κ1) is 8.57.